The first-order chi connectivity index (χ1) is 10.5. The number of piperidine rings is 1. The lowest BCUT2D eigenvalue weighted by molar-refractivity contribution is -0.387. The van der Waals surface area contributed by atoms with Crippen LogP contribution in [0.3, 0.4) is 0 Å². The highest BCUT2D eigenvalue weighted by Crippen LogP contribution is 2.31. The first-order valence-electron chi connectivity index (χ1n) is 7.45. The summed E-state index contributed by atoms with van der Waals surface area (Å²) in [5.74, 6) is 0.288. The molecule has 0 amide bonds. The Labute approximate surface area is 129 Å². The summed E-state index contributed by atoms with van der Waals surface area (Å²) in [5, 5.41) is 14.5. The monoisotopic (exact) mass is 325 g/mol. The Hall–Kier alpha value is -1.51. The van der Waals surface area contributed by atoms with E-state index < -0.39 is 14.9 Å². The summed E-state index contributed by atoms with van der Waals surface area (Å²) in [6.45, 7) is 0.336. The van der Waals surface area contributed by atoms with Crippen LogP contribution in [0.2, 0.25) is 0 Å². The van der Waals surface area contributed by atoms with Gasteiger partial charge in [0.15, 0.2) is 4.90 Å². The molecular formula is C14H19N3O4S. The van der Waals surface area contributed by atoms with E-state index in [-0.39, 0.29) is 16.5 Å². The van der Waals surface area contributed by atoms with Gasteiger partial charge in [0.2, 0.25) is 10.0 Å². The molecule has 0 aliphatic carbocycles. The van der Waals surface area contributed by atoms with Crippen LogP contribution >= 0.6 is 0 Å². The predicted molar refractivity (Wildman–Crippen MR) is 81.0 cm³/mol. The Kier molecular flexibility index (Phi) is 4.16. The van der Waals surface area contributed by atoms with Gasteiger partial charge in [-0.1, -0.05) is 12.1 Å². The molecule has 22 heavy (non-hydrogen) atoms. The van der Waals surface area contributed by atoms with Gasteiger partial charge >= 0.3 is 0 Å². The van der Waals surface area contributed by atoms with Crippen molar-refractivity contribution in [2.45, 2.75) is 42.7 Å². The first kappa shape index (κ1) is 15.4. The lowest BCUT2D eigenvalue weighted by atomic mass is 9.93. The fourth-order valence-electron chi connectivity index (χ4n) is 3.48. The molecule has 3 rings (SSSR count). The Morgan fingerprint density at radius 2 is 1.86 bits per heavy atom. The van der Waals surface area contributed by atoms with Gasteiger partial charge in [-0.3, -0.25) is 10.1 Å². The normalized spacial score (nSPS) is 27.7. The van der Waals surface area contributed by atoms with Crippen LogP contribution in [0.4, 0.5) is 5.69 Å². The summed E-state index contributed by atoms with van der Waals surface area (Å²) in [6.07, 6.45) is 4.21. The van der Waals surface area contributed by atoms with Gasteiger partial charge in [0, 0.05) is 24.7 Å². The van der Waals surface area contributed by atoms with Crippen molar-refractivity contribution in [1.29, 1.82) is 0 Å². The van der Waals surface area contributed by atoms with Crippen molar-refractivity contribution >= 4 is 15.7 Å². The van der Waals surface area contributed by atoms with Gasteiger partial charge < -0.3 is 5.32 Å². The molecular weight excluding hydrogens is 306 g/mol. The maximum Gasteiger partial charge on any atom is 0.289 e. The van der Waals surface area contributed by atoms with Crippen molar-refractivity contribution in [1.82, 2.24) is 10.0 Å². The second-order valence-electron chi connectivity index (χ2n) is 6.05. The highest BCUT2D eigenvalue weighted by molar-refractivity contribution is 7.89. The van der Waals surface area contributed by atoms with Crippen LogP contribution in [0.25, 0.3) is 0 Å². The predicted octanol–water partition coefficient (Wildman–Crippen LogP) is 1.40. The fraction of sp³-hybridized carbons (Fsp3) is 0.571. The number of rotatable bonds is 5. The number of nitrogens with one attached hydrogen (secondary N) is 2. The number of fused-ring (bicyclic) bond motifs is 2. The molecule has 2 fully saturated rings. The quantitative estimate of drug-likeness (QED) is 0.629. The number of nitro benzene ring substituents is 1. The molecule has 2 heterocycles. The van der Waals surface area contributed by atoms with Crippen LogP contribution < -0.4 is 10.0 Å². The zero-order chi connectivity index (χ0) is 15.7. The summed E-state index contributed by atoms with van der Waals surface area (Å²) < 4.78 is 27.2. The number of para-hydroxylation sites is 1. The molecule has 1 unspecified atom stereocenters. The van der Waals surface area contributed by atoms with E-state index in [0.29, 0.717) is 18.6 Å². The Bertz CT molecular complexity index is 664. The number of hydrogen-bond donors (Lipinski definition) is 2. The summed E-state index contributed by atoms with van der Waals surface area (Å²) in [7, 11) is -3.86. The van der Waals surface area contributed by atoms with E-state index in [2.05, 4.69) is 10.0 Å². The molecule has 8 heteroatoms. The van der Waals surface area contributed by atoms with Crippen LogP contribution in [0.15, 0.2) is 29.2 Å². The van der Waals surface area contributed by atoms with Crippen LogP contribution in [0.1, 0.15) is 25.7 Å². The van der Waals surface area contributed by atoms with Gasteiger partial charge in [-0.05, 0) is 37.7 Å². The van der Waals surface area contributed by atoms with Crippen molar-refractivity contribution < 1.29 is 13.3 Å². The maximum atomic E-state index is 12.3. The van der Waals surface area contributed by atoms with E-state index >= 15 is 0 Å². The zero-order valence-corrected chi connectivity index (χ0v) is 12.9. The summed E-state index contributed by atoms with van der Waals surface area (Å²) in [4.78, 5) is 10.0. The lowest BCUT2D eigenvalue weighted by Crippen LogP contribution is -2.42. The van der Waals surface area contributed by atoms with E-state index in [1.165, 1.54) is 24.3 Å². The van der Waals surface area contributed by atoms with Crippen molar-refractivity contribution in [2.24, 2.45) is 5.92 Å². The average Bonchev–Trinajstić information content (AvgIpc) is 2.84. The topological polar surface area (TPSA) is 101 Å². The Balaban J connectivity index is 1.70. The van der Waals surface area contributed by atoms with Gasteiger partial charge in [0.1, 0.15) is 0 Å². The molecule has 2 bridgehead atoms. The molecule has 1 aromatic rings. The third-order valence-corrected chi connectivity index (χ3v) is 5.96. The minimum absolute atomic E-state index is 0.267. The lowest BCUT2D eigenvalue weighted by Gasteiger charge is -2.29. The van der Waals surface area contributed by atoms with Gasteiger partial charge in [0.25, 0.3) is 5.69 Å². The van der Waals surface area contributed by atoms with Gasteiger partial charge in [-0.25, -0.2) is 13.1 Å². The summed E-state index contributed by atoms with van der Waals surface area (Å²) in [5.41, 5.74) is -0.389. The van der Waals surface area contributed by atoms with Crippen LogP contribution in [0.5, 0.6) is 0 Å². The largest absolute Gasteiger partial charge is 0.311 e. The second kappa shape index (κ2) is 5.94. The molecule has 2 aliphatic rings. The molecule has 7 nitrogen and oxygen atoms in total. The van der Waals surface area contributed by atoms with E-state index in [9.17, 15) is 18.5 Å². The van der Waals surface area contributed by atoms with E-state index in [1.807, 2.05) is 0 Å². The molecule has 2 N–H and O–H groups in total. The van der Waals surface area contributed by atoms with Crippen LogP contribution in [-0.2, 0) is 10.0 Å². The summed E-state index contributed by atoms with van der Waals surface area (Å²) >= 11 is 0. The molecule has 1 aromatic carbocycles. The minimum Gasteiger partial charge on any atom is -0.311 e. The SMILES string of the molecule is O=[N+]([O-])c1ccccc1S(=O)(=O)NCC1C[C@H]2CC[C@@H](C1)N2. The van der Waals surface area contributed by atoms with Gasteiger partial charge in [0.05, 0.1) is 4.92 Å². The molecule has 0 spiro atoms. The van der Waals surface area contributed by atoms with Crippen LogP contribution in [-0.4, -0.2) is 32.0 Å². The third kappa shape index (κ3) is 3.13. The van der Waals surface area contributed by atoms with Gasteiger partial charge in [-0.15, -0.1) is 0 Å². The highest BCUT2D eigenvalue weighted by atomic mass is 32.2. The number of nitro groups is 1. The highest BCUT2D eigenvalue weighted by Gasteiger charge is 2.34. The van der Waals surface area contributed by atoms with Crippen molar-refractivity contribution in [3.63, 3.8) is 0 Å². The third-order valence-electron chi connectivity index (χ3n) is 4.48. The molecule has 0 aromatic heterocycles. The van der Waals surface area contributed by atoms with E-state index in [4.69, 9.17) is 0 Å². The first-order valence-corrected chi connectivity index (χ1v) is 8.93. The van der Waals surface area contributed by atoms with Crippen molar-refractivity contribution in [2.75, 3.05) is 6.54 Å². The molecule has 0 radical (unpaired) electrons. The Morgan fingerprint density at radius 3 is 2.50 bits per heavy atom. The molecule has 120 valence electrons. The van der Waals surface area contributed by atoms with Crippen molar-refractivity contribution in [3.05, 3.63) is 34.4 Å². The summed E-state index contributed by atoms with van der Waals surface area (Å²) in [6, 6.07) is 6.40. The fourth-order valence-corrected chi connectivity index (χ4v) is 4.77. The smallest absolute Gasteiger partial charge is 0.289 e. The number of nitrogens with zero attached hydrogens (tertiary/aromatic N) is 1. The average molecular weight is 325 g/mol. The maximum absolute atomic E-state index is 12.3. The minimum atomic E-state index is -3.86. The van der Waals surface area contributed by atoms with Crippen molar-refractivity contribution in [3.8, 4) is 0 Å². The number of hydrogen-bond acceptors (Lipinski definition) is 5. The number of sulfonamides is 1. The van der Waals surface area contributed by atoms with E-state index in [1.54, 1.807) is 0 Å². The molecule has 0 saturated carbocycles. The molecule has 2 aliphatic heterocycles. The van der Waals surface area contributed by atoms with E-state index in [0.717, 1.165) is 25.7 Å². The second-order valence-corrected chi connectivity index (χ2v) is 7.79. The Morgan fingerprint density at radius 1 is 1.23 bits per heavy atom. The van der Waals surface area contributed by atoms with Gasteiger partial charge in [-0.2, -0.15) is 0 Å². The number of benzene rings is 1. The standard InChI is InChI=1S/C14H19N3O4S/c18-17(19)13-3-1-2-4-14(13)22(20,21)15-9-10-7-11-5-6-12(8-10)16-11/h1-4,10-12,15-16H,5-9H2/t10?,11-,12+. The zero-order valence-electron chi connectivity index (χ0n) is 12.1. The van der Waals surface area contributed by atoms with Crippen LogP contribution in [0, 0.1) is 16.0 Å². The molecule has 3 atom stereocenters. The molecule has 2 saturated heterocycles.